The molecule has 0 atom stereocenters. The third-order valence-corrected chi connectivity index (χ3v) is 4.78. The Morgan fingerprint density at radius 1 is 1.45 bits per heavy atom. The number of hydrogen-bond acceptors (Lipinski definition) is 6. The van der Waals surface area contributed by atoms with E-state index in [1.165, 1.54) is 27.7 Å². The SMILES string of the molecule is O=C(O)c1cn(C2CN(S(=O)(=O)c3cnc[nH]3)C2)nn1. The maximum Gasteiger partial charge on any atom is 0.358 e. The van der Waals surface area contributed by atoms with Crippen molar-refractivity contribution in [2.45, 2.75) is 11.1 Å². The number of nitrogens with one attached hydrogen (secondary N) is 1. The highest BCUT2D eigenvalue weighted by atomic mass is 32.2. The summed E-state index contributed by atoms with van der Waals surface area (Å²) in [5, 5.41) is 15.9. The van der Waals surface area contributed by atoms with E-state index in [-0.39, 0.29) is 29.9 Å². The first-order chi connectivity index (χ1) is 9.48. The van der Waals surface area contributed by atoms with Crippen molar-refractivity contribution in [3.8, 4) is 0 Å². The van der Waals surface area contributed by atoms with E-state index in [0.29, 0.717) is 0 Å². The minimum absolute atomic E-state index is 0.0285. The van der Waals surface area contributed by atoms with Crippen molar-refractivity contribution < 1.29 is 18.3 Å². The van der Waals surface area contributed by atoms with Crippen LogP contribution in [0.2, 0.25) is 0 Å². The molecule has 0 unspecified atom stereocenters. The average Bonchev–Trinajstić information content (AvgIpc) is 2.97. The van der Waals surface area contributed by atoms with E-state index >= 15 is 0 Å². The molecule has 0 aromatic carbocycles. The molecule has 1 fully saturated rings. The predicted octanol–water partition coefficient (Wildman–Crippen LogP) is -1.06. The molecule has 2 aromatic rings. The van der Waals surface area contributed by atoms with E-state index in [2.05, 4.69) is 20.3 Å². The maximum atomic E-state index is 12.1. The normalized spacial score (nSPS) is 17.0. The van der Waals surface area contributed by atoms with Crippen LogP contribution in [0.3, 0.4) is 0 Å². The number of carboxylic acids is 1. The predicted molar refractivity (Wildman–Crippen MR) is 63.4 cm³/mol. The lowest BCUT2D eigenvalue weighted by Gasteiger charge is -2.37. The summed E-state index contributed by atoms with van der Waals surface area (Å²) < 4.78 is 26.8. The molecule has 0 amide bonds. The molecule has 20 heavy (non-hydrogen) atoms. The van der Waals surface area contributed by atoms with Crippen molar-refractivity contribution in [2.75, 3.05) is 13.1 Å². The number of aromatic carboxylic acids is 1. The standard InChI is InChI=1S/C9H10N6O4S/c16-9(17)7-4-15(13-12-7)6-2-14(3-6)20(18,19)8-1-10-5-11-8/h1,4-6H,2-3H2,(H,10,11)(H,16,17). The molecular weight excluding hydrogens is 288 g/mol. The van der Waals surface area contributed by atoms with Gasteiger partial charge in [-0.3, -0.25) is 0 Å². The van der Waals surface area contributed by atoms with Crippen LogP contribution in [-0.2, 0) is 10.0 Å². The van der Waals surface area contributed by atoms with Gasteiger partial charge in [0.25, 0.3) is 10.0 Å². The molecule has 2 aromatic heterocycles. The number of nitrogens with zero attached hydrogens (tertiary/aromatic N) is 5. The molecule has 11 heteroatoms. The largest absolute Gasteiger partial charge is 0.476 e. The van der Waals surface area contributed by atoms with E-state index in [1.54, 1.807) is 0 Å². The van der Waals surface area contributed by atoms with Crippen LogP contribution >= 0.6 is 0 Å². The van der Waals surface area contributed by atoms with Crippen molar-refractivity contribution in [3.05, 3.63) is 24.4 Å². The number of carbonyl (C=O) groups is 1. The molecule has 1 saturated heterocycles. The summed E-state index contributed by atoms with van der Waals surface area (Å²) in [5.74, 6) is -1.17. The Bertz CT molecular complexity index is 730. The van der Waals surface area contributed by atoms with Gasteiger partial charge in [-0.25, -0.2) is 22.9 Å². The molecule has 0 radical (unpaired) electrons. The van der Waals surface area contributed by atoms with E-state index in [1.807, 2.05) is 0 Å². The number of hydrogen-bond donors (Lipinski definition) is 2. The molecule has 3 rings (SSSR count). The molecular formula is C9H10N6O4S. The summed E-state index contributed by atoms with van der Waals surface area (Å²) in [7, 11) is -3.57. The second-order valence-electron chi connectivity index (χ2n) is 4.28. The highest BCUT2D eigenvalue weighted by Crippen LogP contribution is 2.26. The summed E-state index contributed by atoms with van der Waals surface area (Å²) in [6, 6.07) is -0.215. The summed E-state index contributed by atoms with van der Waals surface area (Å²) in [6.45, 7) is 0.424. The van der Waals surface area contributed by atoms with Crippen LogP contribution in [-0.4, -0.2) is 61.9 Å². The molecule has 3 heterocycles. The van der Waals surface area contributed by atoms with Gasteiger partial charge in [0.15, 0.2) is 10.7 Å². The van der Waals surface area contributed by atoms with Crippen molar-refractivity contribution in [2.24, 2.45) is 0 Å². The Kier molecular flexibility index (Phi) is 2.79. The van der Waals surface area contributed by atoms with Crippen LogP contribution in [0.1, 0.15) is 16.5 Å². The van der Waals surface area contributed by atoms with Crippen molar-refractivity contribution in [1.29, 1.82) is 0 Å². The molecule has 1 aliphatic heterocycles. The molecule has 10 nitrogen and oxygen atoms in total. The Morgan fingerprint density at radius 2 is 2.20 bits per heavy atom. The second-order valence-corrected chi connectivity index (χ2v) is 6.19. The average molecular weight is 298 g/mol. The fourth-order valence-corrected chi connectivity index (χ4v) is 3.27. The van der Waals surface area contributed by atoms with Crippen LogP contribution in [0.5, 0.6) is 0 Å². The van der Waals surface area contributed by atoms with Gasteiger partial charge in [-0.1, -0.05) is 5.21 Å². The number of aromatic nitrogens is 5. The van der Waals surface area contributed by atoms with Gasteiger partial charge in [-0.15, -0.1) is 5.10 Å². The molecule has 0 spiro atoms. The van der Waals surface area contributed by atoms with E-state index in [0.717, 1.165) is 0 Å². The van der Waals surface area contributed by atoms with Crippen LogP contribution in [0.4, 0.5) is 0 Å². The third kappa shape index (κ3) is 1.96. The van der Waals surface area contributed by atoms with Crippen LogP contribution in [0.25, 0.3) is 0 Å². The van der Waals surface area contributed by atoms with Gasteiger partial charge in [0.1, 0.15) is 0 Å². The highest BCUT2D eigenvalue weighted by Gasteiger charge is 2.39. The number of carboxylic acid groups (broad SMARTS) is 1. The Labute approximate surface area is 113 Å². The van der Waals surface area contributed by atoms with Gasteiger partial charge in [0.2, 0.25) is 0 Å². The van der Waals surface area contributed by atoms with Crippen molar-refractivity contribution in [3.63, 3.8) is 0 Å². The van der Waals surface area contributed by atoms with Gasteiger partial charge >= 0.3 is 5.97 Å². The topological polar surface area (TPSA) is 134 Å². The molecule has 2 N–H and O–H groups in total. The van der Waals surface area contributed by atoms with Crippen molar-refractivity contribution >= 4 is 16.0 Å². The number of imidazole rings is 1. The maximum absolute atomic E-state index is 12.1. The first-order valence-corrected chi connectivity index (χ1v) is 7.06. The van der Waals surface area contributed by atoms with E-state index in [9.17, 15) is 13.2 Å². The Hall–Kier alpha value is -2.27. The number of sulfonamides is 1. The summed E-state index contributed by atoms with van der Waals surface area (Å²) in [5.41, 5.74) is -0.167. The van der Waals surface area contributed by atoms with Crippen LogP contribution in [0, 0.1) is 0 Å². The highest BCUT2D eigenvalue weighted by molar-refractivity contribution is 7.89. The van der Waals surface area contributed by atoms with Gasteiger partial charge in [0, 0.05) is 13.1 Å². The first kappa shape index (κ1) is 12.7. The fourth-order valence-electron chi connectivity index (χ4n) is 1.86. The lowest BCUT2D eigenvalue weighted by Crippen LogP contribution is -2.50. The van der Waals surface area contributed by atoms with Gasteiger partial charge in [0.05, 0.1) is 24.8 Å². The minimum atomic E-state index is -3.57. The van der Waals surface area contributed by atoms with E-state index < -0.39 is 16.0 Å². The van der Waals surface area contributed by atoms with Gasteiger partial charge in [-0.2, -0.15) is 4.31 Å². The second kappa shape index (κ2) is 4.38. The lowest BCUT2D eigenvalue weighted by atomic mass is 10.2. The third-order valence-electron chi connectivity index (χ3n) is 3.02. The van der Waals surface area contributed by atoms with Crippen LogP contribution < -0.4 is 0 Å². The van der Waals surface area contributed by atoms with Gasteiger partial charge < -0.3 is 10.1 Å². The quantitative estimate of drug-likeness (QED) is 0.735. The number of H-pyrrole nitrogens is 1. The Balaban J connectivity index is 1.71. The van der Waals surface area contributed by atoms with E-state index in [4.69, 9.17) is 5.11 Å². The van der Waals surface area contributed by atoms with Gasteiger partial charge in [-0.05, 0) is 0 Å². The monoisotopic (exact) mass is 298 g/mol. The zero-order chi connectivity index (χ0) is 14.3. The summed E-state index contributed by atoms with van der Waals surface area (Å²) in [4.78, 5) is 16.9. The zero-order valence-electron chi connectivity index (χ0n) is 10.0. The molecule has 0 aliphatic carbocycles. The van der Waals surface area contributed by atoms with Crippen molar-refractivity contribution in [1.82, 2.24) is 29.3 Å². The smallest absolute Gasteiger partial charge is 0.358 e. The Morgan fingerprint density at radius 3 is 2.75 bits per heavy atom. The number of rotatable bonds is 4. The molecule has 0 saturated carbocycles. The fraction of sp³-hybridized carbons (Fsp3) is 0.333. The lowest BCUT2D eigenvalue weighted by molar-refractivity contribution is 0.0690. The molecule has 0 bridgehead atoms. The number of aromatic amines is 1. The first-order valence-electron chi connectivity index (χ1n) is 5.62. The summed E-state index contributed by atoms with van der Waals surface area (Å²) >= 11 is 0. The summed E-state index contributed by atoms with van der Waals surface area (Å²) in [6.07, 6.45) is 3.81. The minimum Gasteiger partial charge on any atom is -0.476 e. The van der Waals surface area contributed by atoms with Crippen LogP contribution in [0.15, 0.2) is 23.7 Å². The zero-order valence-corrected chi connectivity index (χ0v) is 10.9. The molecule has 1 aliphatic rings. The molecule has 106 valence electrons.